The second-order valence-corrected chi connectivity index (χ2v) is 7.51. The van der Waals surface area contributed by atoms with Crippen LogP contribution in [0.3, 0.4) is 0 Å². The molecule has 142 valence electrons. The van der Waals surface area contributed by atoms with Crippen LogP contribution < -0.4 is 15.5 Å². The Hall–Kier alpha value is -3.19. The van der Waals surface area contributed by atoms with Gasteiger partial charge in [0.05, 0.1) is 16.8 Å². The molecule has 7 heteroatoms. The Labute approximate surface area is 167 Å². The predicted octanol–water partition coefficient (Wildman–Crippen LogP) is 4.25. The van der Waals surface area contributed by atoms with Crippen molar-refractivity contribution in [1.29, 1.82) is 0 Å². The molecule has 2 N–H and O–H groups in total. The van der Waals surface area contributed by atoms with Crippen molar-refractivity contribution in [3.63, 3.8) is 0 Å². The molecule has 0 saturated carbocycles. The van der Waals surface area contributed by atoms with Crippen molar-refractivity contribution in [2.24, 2.45) is 0 Å². The lowest BCUT2D eigenvalue weighted by molar-refractivity contribution is 0.102. The number of aromatic nitrogens is 1. The summed E-state index contributed by atoms with van der Waals surface area (Å²) in [7, 11) is 0. The van der Waals surface area contributed by atoms with E-state index in [9.17, 15) is 9.59 Å². The van der Waals surface area contributed by atoms with E-state index in [0.717, 1.165) is 18.9 Å². The molecular formula is C21H20N4O2S. The van der Waals surface area contributed by atoms with Crippen molar-refractivity contribution < 1.29 is 9.59 Å². The van der Waals surface area contributed by atoms with Crippen LogP contribution >= 0.6 is 11.3 Å². The van der Waals surface area contributed by atoms with Crippen LogP contribution in [-0.4, -0.2) is 29.9 Å². The topological polar surface area (TPSA) is 74.3 Å². The molecule has 6 nitrogen and oxygen atoms in total. The highest BCUT2D eigenvalue weighted by Gasteiger charge is 2.14. The fourth-order valence-electron chi connectivity index (χ4n) is 3.10. The van der Waals surface area contributed by atoms with Gasteiger partial charge in [-0.2, -0.15) is 0 Å². The summed E-state index contributed by atoms with van der Waals surface area (Å²) in [5.74, 6) is 0.574. The van der Waals surface area contributed by atoms with Crippen LogP contribution in [-0.2, 0) is 0 Å². The molecule has 0 atom stereocenters. The van der Waals surface area contributed by atoms with E-state index in [1.807, 2.05) is 23.6 Å². The Morgan fingerprint density at radius 2 is 1.61 bits per heavy atom. The van der Waals surface area contributed by atoms with Crippen LogP contribution in [0.4, 0.5) is 17.2 Å². The van der Waals surface area contributed by atoms with Gasteiger partial charge in [0.1, 0.15) is 5.82 Å². The number of carbonyl (C=O) groups excluding carboxylic acids is 2. The lowest BCUT2D eigenvalue weighted by Gasteiger charge is -2.16. The Balaban J connectivity index is 1.36. The van der Waals surface area contributed by atoms with Gasteiger partial charge in [0.15, 0.2) is 0 Å². The van der Waals surface area contributed by atoms with Crippen LogP contribution in [0.1, 0.15) is 32.9 Å². The maximum absolute atomic E-state index is 12.4. The predicted molar refractivity (Wildman–Crippen MR) is 112 cm³/mol. The molecule has 0 bridgehead atoms. The van der Waals surface area contributed by atoms with Crippen molar-refractivity contribution in [3.8, 4) is 0 Å². The molecule has 0 aliphatic carbocycles. The van der Waals surface area contributed by atoms with Crippen molar-refractivity contribution in [2.75, 3.05) is 28.6 Å². The van der Waals surface area contributed by atoms with Crippen LogP contribution in [0.5, 0.6) is 0 Å². The molecule has 0 radical (unpaired) electrons. The summed E-state index contributed by atoms with van der Waals surface area (Å²) in [6.07, 6.45) is 4.08. The molecule has 0 spiro atoms. The fourth-order valence-corrected chi connectivity index (χ4v) is 3.72. The first-order valence-electron chi connectivity index (χ1n) is 9.16. The van der Waals surface area contributed by atoms with Gasteiger partial charge in [-0.15, -0.1) is 11.3 Å². The molecule has 1 fully saturated rings. The third kappa shape index (κ3) is 4.20. The highest BCUT2D eigenvalue weighted by atomic mass is 32.1. The highest BCUT2D eigenvalue weighted by Crippen LogP contribution is 2.20. The summed E-state index contributed by atoms with van der Waals surface area (Å²) in [6.45, 7) is 2.07. The van der Waals surface area contributed by atoms with Crippen molar-refractivity contribution >= 4 is 40.3 Å². The fraction of sp³-hybridized carbons (Fsp3) is 0.190. The van der Waals surface area contributed by atoms with Crippen molar-refractivity contribution in [3.05, 3.63) is 70.5 Å². The van der Waals surface area contributed by atoms with E-state index in [2.05, 4.69) is 20.5 Å². The van der Waals surface area contributed by atoms with E-state index in [1.165, 1.54) is 24.2 Å². The average molecular weight is 392 g/mol. The standard InChI is InChI=1S/C21H20N4O2S/c26-20(24-17-9-10-19(22-14-17)25-11-1-2-12-25)15-5-7-16(8-6-15)23-21(27)18-4-3-13-28-18/h3-10,13-14H,1-2,11-12H2,(H,23,27)(H,24,26). The minimum absolute atomic E-state index is 0.156. The van der Waals surface area contributed by atoms with E-state index in [-0.39, 0.29) is 11.8 Å². The van der Waals surface area contributed by atoms with Crippen LogP contribution in [0.15, 0.2) is 60.1 Å². The number of anilines is 3. The molecule has 2 aromatic heterocycles. The van der Waals surface area contributed by atoms with Crippen molar-refractivity contribution in [2.45, 2.75) is 12.8 Å². The largest absolute Gasteiger partial charge is 0.357 e. The summed E-state index contributed by atoms with van der Waals surface area (Å²) in [4.78, 5) is 31.8. The van der Waals surface area contributed by atoms with Gasteiger partial charge >= 0.3 is 0 Å². The first-order valence-corrected chi connectivity index (χ1v) is 10.0. The highest BCUT2D eigenvalue weighted by molar-refractivity contribution is 7.12. The van der Waals surface area contributed by atoms with E-state index in [4.69, 9.17) is 0 Å². The Morgan fingerprint density at radius 3 is 2.25 bits per heavy atom. The number of nitrogens with zero attached hydrogens (tertiary/aromatic N) is 2. The van der Waals surface area contributed by atoms with Crippen LogP contribution in [0.2, 0.25) is 0 Å². The van der Waals surface area contributed by atoms with Gasteiger partial charge in [-0.3, -0.25) is 9.59 Å². The lowest BCUT2D eigenvalue weighted by atomic mass is 10.2. The van der Waals surface area contributed by atoms with E-state index in [0.29, 0.717) is 21.8 Å². The third-order valence-electron chi connectivity index (χ3n) is 4.59. The number of pyridine rings is 1. The Morgan fingerprint density at radius 1 is 0.893 bits per heavy atom. The van der Waals surface area contributed by atoms with Gasteiger partial charge in [0.2, 0.25) is 0 Å². The molecule has 4 rings (SSSR count). The lowest BCUT2D eigenvalue weighted by Crippen LogP contribution is -2.19. The molecular weight excluding hydrogens is 372 g/mol. The summed E-state index contributed by atoms with van der Waals surface area (Å²) in [5.41, 5.74) is 1.81. The molecule has 3 aromatic rings. The van der Waals surface area contributed by atoms with E-state index < -0.39 is 0 Å². The molecule has 1 saturated heterocycles. The number of benzene rings is 1. The Kier molecular flexibility index (Phi) is 5.34. The first kappa shape index (κ1) is 18.2. The molecule has 2 amide bonds. The van der Waals surface area contributed by atoms with Gasteiger partial charge in [-0.05, 0) is 60.7 Å². The molecule has 0 unspecified atom stereocenters. The summed E-state index contributed by atoms with van der Waals surface area (Å²) >= 11 is 1.38. The van der Waals surface area contributed by atoms with Gasteiger partial charge in [0, 0.05) is 24.3 Å². The maximum Gasteiger partial charge on any atom is 0.265 e. The minimum atomic E-state index is -0.216. The number of carbonyl (C=O) groups is 2. The quantitative estimate of drug-likeness (QED) is 0.681. The molecule has 1 aliphatic heterocycles. The van der Waals surface area contributed by atoms with Crippen LogP contribution in [0.25, 0.3) is 0 Å². The maximum atomic E-state index is 12.4. The number of amides is 2. The third-order valence-corrected chi connectivity index (χ3v) is 5.45. The first-order chi connectivity index (χ1) is 13.7. The molecule has 1 aliphatic rings. The van der Waals surface area contributed by atoms with E-state index in [1.54, 1.807) is 36.5 Å². The number of thiophene rings is 1. The van der Waals surface area contributed by atoms with Crippen LogP contribution in [0, 0.1) is 0 Å². The normalized spacial score (nSPS) is 13.4. The number of hydrogen-bond donors (Lipinski definition) is 2. The summed E-state index contributed by atoms with van der Waals surface area (Å²) in [5, 5.41) is 7.53. The number of rotatable bonds is 5. The second-order valence-electron chi connectivity index (χ2n) is 6.56. The van der Waals surface area contributed by atoms with Gasteiger partial charge in [-0.1, -0.05) is 6.07 Å². The second kappa shape index (κ2) is 8.22. The zero-order valence-electron chi connectivity index (χ0n) is 15.2. The Bertz CT molecular complexity index is 947. The summed E-state index contributed by atoms with van der Waals surface area (Å²) < 4.78 is 0. The van der Waals surface area contributed by atoms with E-state index >= 15 is 0 Å². The van der Waals surface area contributed by atoms with Gasteiger partial charge in [-0.25, -0.2) is 4.98 Å². The average Bonchev–Trinajstić information content (AvgIpc) is 3.43. The van der Waals surface area contributed by atoms with Gasteiger partial charge in [0.25, 0.3) is 11.8 Å². The molecule has 3 heterocycles. The van der Waals surface area contributed by atoms with Gasteiger partial charge < -0.3 is 15.5 Å². The number of nitrogens with one attached hydrogen (secondary N) is 2. The zero-order valence-corrected chi connectivity index (χ0v) is 16.0. The molecule has 28 heavy (non-hydrogen) atoms. The molecule has 1 aromatic carbocycles. The summed E-state index contributed by atoms with van der Waals surface area (Å²) in [6, 6.07) is 14.2. The smallest absolute Gasteiger partial charge is 0.265 e. The number of hydrogen-bond acceptors (Lipinski definition) is 5. The minimum Gasteiger partial charge on any atom is -0.357 e. The zero-order chi connectivity index (χ0) is 19.3. The monoisotopic (exact) mass is 392 g/mol. The van der Waals surface area contributed by atoms with Crippen molar-refractivity contribution in [1.82, 2.24) is 4.98 Å². The SMILES string of the molecule is O=C(Nc1ccc(N2CCCC2)nc1)c1ccc(NC(=O)c2cccs2)cc1.